The van der Waals surface area contributed by atoms with Crippen LogP contribution in [0.3, 0.4) is 0 Å². The van der Waals surface area contributed by atoms with Crippen molar-refractivity contribution in [3.8, 4) is 17.0 Å². The molecule has 0 saturated carbocycles. The van der Waals surface area contributed by atoms with Crippen molar-refractivity contribution in [2.24, 2.45) is 5.92 Å². The molecule has 31 heavy (non-hydrogen) atoms. The lowest BCUT2D eigenvalue weighted by Crippen LogP contribution is -2.43. The topological polar surface area (TPSA) is 67.3 Å². The molecule has 1 aliphatic rings. The lowest BCUT2D eigenvalue weighted by atomic mass is 9.97. The van der Waals surface area contributed by atoms with E-state index in [0.29, 0.717) is 18.1 Å². The summed E-state index contributed by atoms with van der Waals surface area (Å²) in [5.74, 6) is 1.58. The second-order valence-corrected chi connectivity index (χ2v) is 8.07. The molecule has 1 aromatic heterocycles. The van der Waals surface area contributed by atoms with Crippen LogP contribution in [0.25, 0.3) is 11.3 Å². The van der Waals surface area contributed by atoms with Crippen molar-refractivity contribution in [3.63, 3.8) is 0 Å². The summed E-state index contributed by atoms with van der Waals surface area (Å²) in [6, 6.07) is 19.2. The summed E-state index contributed by atoms with van der Waals surface area (Å²) in [6.07, 6.45) is 1.81. The summed E-state index contributed by atoms with van der Waals surface area (Å²) >= 11 is 5.95. The predicted octanol–water partition coefficient (Wildman–Crippen LogP) is 4.34. The van der Waals surface area contributed by atoms with Crippen LogP contribution in [0, 0.1) is 5.92 Å². The molecule has 0 aliphatic carbocycles. The highest BCUT2D eigenvalue weighted by Crippen LogP contribution is 2.24. The van der Waals surface area contributed by atoms with Gasteiger partial charge in [0.25, 0.3) is 0 Å². The average molecular weight is 437 g/mol. The smallest absolute Gasteiger partial charge is 0.225 e. The van der Waals surface area contributed by atoms with Crippen LogP contribution in [0.1, 0.15) is 18.4 Å². The van der Waals surface area contributed by atoms with E-state index in [-0.39, 0.29) is 11.8 Å². The Bertz CT molecular complexity index is 1020. The van der Waals surface area contributed by atoms with E-state index in [4.69, 9.17) is 16.3 Å². The van der Waals surface area contributed by atoms with E-state index in [0.717, 1.165) is 47.8 Å². The highest BCUT2D eigenvalue weighted by molar-refractivity contribution is 6.30. The molecule has 0 bridgehead atoms. The van der Waals surface area contributed by atoms with Crippen LogP contribution in [-0.2, 0) is 11.3 Å². The molecule has 1 N–H and O–H groups in total. The molecule has 1 amide bonds. The predicted molar refractivity (Wildman–Crippen MR) is 122 cm³/mol. The number of rotatable bonds is 6. The number of benzene rings is 2. The Labute approximate surface area is 187 Å². The third kappa shape index (κ3) is 5.33. The molecule has 2 heterocycles. The summed E-state index contributed by atoms with van der Waals surface area (Å²) < 4.78 is 5.24. The van der Waals surface area contributed by atoms with Crippen LogP contribution in [0.2, 0.25) is 5.02 Å². The molecule has 0 unspecified atom stereocenters. The molecule has 1 fully saturated rings. The minimum Gasteiger partial charge on any atom is -0.497 e. The molecular weight excluding hydrogens is 412 g/mol. The van der Waals surface area contributed by atoms with Gasteiger partial charge < -0.3 is 15.0 Å². The molecule has 4 rings (SSSR count). The summed E-state index contributed by atoms with van der Waals surface area (Å²) in [5.41, 5.74) is 2.78. The fraction of sp³-hybridized carbons (Fsp3) is 0.292. The summed E-state index contributed by atoms with van der Waals surface area (Å²) in [4.78, 5) is 14.9. The number of carbonyl (C=O) groups excluding carboxylic acids is 1. The lowest BCUT2D eigenvalue weighted by Gasteiger charge is -2.32. The van der Waals surface area contributed by atoms with Gasteiger partial charge in [-0.15, -0.1) is 10.2 Å². The van der Waals surface area contributed by atoms with Crippen LogP contribution in [0.5, 0.6) is 5.75 Å². The number of nitrogens with zero attached hydrogens (tertiary/aromatic N) is 3. The maximum absolute atomic E-state index is 12.8. The molecule has 1 atom stereocenters. The van der Waals surface area contributed by atoms with E-state index in [2.05, 4.69) is 20.4 Å². The van der Waals surface area contributed by atoms with Gasteiger partial charge in [0.1, 0.15) is 5.75 Å². The van der Waals surface area contributed by atoms with Gasteiger partial charge in [0.05, 0.1) is 18.7 Å². The minimum absolute atomic E-state index is 0.0678. The zero-order chi connectivity index (χ0) is 21.6. The van der Waals surface area contributed by atoms with Crippen LogP contribution in [0.4, 0.5) is 5.82 Å². The lowest BCUT2D eigenvalue weighted by molar-refractivity contribution is -0.125. The van der Waals surface area contributed by atoms with Gasteiger partial charge in [0.15, 0.2) is 5.82 Å². The third-order valence-electron chi connectivity index (χ3n) is 5.51. The highest BCUT2D eigenvalue weighted by Gasteiger charge is 2.26. The first-order valence-electron chi connectivity index (χ1n) is 10.4. The number of carbonyl (C=O) groups is 1. The Morgan fingerprint density at radius 3 is 2.74 bits per heavy atom. The molecule has 6 nitrogen and oxygen atoms in total. The molecule has 1 saturated heterocycles. The monoisotopic (exact) mass is 436 g/mol. The zero-order valence-corrected chi connectivity index (χ0v) is 18.2. The van der Waals surface area contributed by atoms with E-state index < -0.39 is 0 Å². The van der Waals surface area contributed by atoms with Crippen molar-refractivity contribution in [3.05, 3.63) is 71.2 Å². The molecule has 7 heteroatoms. The molecule has 1 aliphatic heterocycles. The van der Waals surface area contributed by atoms with E-state index in [1.54, 1.807) is 7.11 Å². The van der Waals surface area contributed by atoms with Crippen molar-refractivity contribution in [2.75, 3.05) is 25.1 Å². The van der Waals surface area contributed by atoms with Gasteiger partial charge >= 0.3 is 0 Å². The van der Waals surface area contributed by atoms with Crippen LogP contribution in [0.15, 0.2) is 60.7 Å². The van der Waals surface area contributed by atoms with Crippen LogP contribution < -0.4 is 15.0 Å². The Morgan fingerprint density at radius 1 is 1.16 bits per heavy atom. The van der Waals surface area contributed by atoms with Gasteiger partial charge in [-0.2, -0.15) is 0 Å². The minimum atomic E-state index is -0.0721. The van der Waals surface area contributed by atoms with Gasteiger partial charge in [-0.05, 0) is 54.8 Å². The summed E-state index contributed by atoms with van der Waals surface area (Å²) in [7, 11) is 1.64. The normalized spacial score (nSPS) is 16.1. The SMILES string of the molecule is COc1cccc(CNC(=O)[C@@H]2CCCN(c3ccc(-c4ccc(Cl)cc4)nn3)C2)c1. The molecule has 3 aromatic rings. The summed E-state index contributed by atoms with van der Waals surface area (Å²) in [5, 5.41) is 12.5. The Hall–Kier alpha value is -3.12. The standard InChI is InChI=1S/C24H25ClN4O2/c1-31-21-6-2-4-17(14-21)15-26-24(30)19-5-3-13-29(16-19)23-12-11-22(27-28-23)18-7-9-20(25)10-8-18/h2,4,6-12,14,19H,3,5,13,15-16H2,1H3,(H,26,30)/t19-/m1/s1. The molecule has 0 spiro atoms. The molecule has 0 radical (unpaired) electrons. The first-order chi connectivity index (χ1) is 15.1. The van der Waals surface area contributed by atoms with Crippen LogP contribution >= 0.6 is 11.6 Å². The number of anilines is 1. The van der Waals surface area contributed by atoms with E-state index >= 15 is 0 Å². The van der Waals surface area contributed by atoms with E-state index in [1.165, 1.54) is 0 Å². The maximum atomic E-state index is 12.8. The number of halogens is 1. The van der Waals surface area contributed by atoms with Gasteiger partial charge in [0.2, 0.25) is 5.91 Å². The fourth-order valence-electron chi connectivity index (χ4n) is 3.78. The number of hydrogen-bond acceptors (Lipinski definition) is 5. The highest BCUT2D eigenvalue weighted by atomic mass is 35.5. The Balaban J connectivity index is 1.36. The third-order valence-corrected chi connectivity index (χ3v) is 5.76. The zero-order valence-electron chi connectivity index (χ0n) is 17.4. The van der Waals surface area contributed by atoms with E-state index in [9.17, 15) is 4.79 Å². The number of amides is 1. The summed E-state index contributed by atoms with van der Waals surface area (Å²) in [6.45, 7) is 2.00. The average Bonchev–Trinajstić information content (AvgIpc) is 2.83. The molecular formula is C24H25ClN4O2. The number of piperidine rings is 1. The second-order valence-electron chi connectivity index (χ2n) is 7.64. The van der Waals surface area contributed by atoms with E-state index in [1.807, 2.05) is 60.7 Å². The Morgan fingerprint density at radius 2 is 2.00 bits per heavy atom. The fourth-order valence-corrected chi connectivity index (χ4v) is 3.91. The Kier molecular flexibility index (Phi) is 6.67. The van der Waals surface area contributed by atoms with Gasteiger partial charge in [-0.1, -0.05) is 35.9 Å². The van der Waals surface area contributed by atoms with Crippen molar-refractivity contribution < 1.29 is 9.53 Å². The largest absolute Gasteiger partial charge is 0.497 e. The first-order valence-corrected chi connectivity index (χ1v) is 10.8. The number of aromatic nitrogens is 2. The van der Waals surface area contributed by atoms with Crippen molar-refractivity contribution in [2.45, 2.75) is 19.4 Å². The van der Waals surface area contributed by atoms with Crippen molar-refractivity contribution >= 4 is 23.3 Å². The molecule has 2 aromatic carbocycles. The van der Waals surface area contributed by atoms with Crippen LogP contribution in [-0.4, -0.2) is 36.3 Å². The van der Waals surface area contributed by atoms with Gasteiger partial charge in [-0.3, -0.25) is 4.79 Å². The maximum Gasteiger partial charge on any atom is 0.225 e. The second kappa shape index (κ2) is 9.79. The number of nitrogens with one attached hydrogen (secondary N) is 1. The number of methoxy groups -OCH3 is 1. The van der Waals surface area contributed by atoms with Gasteiger partial charge in [-0.25, -0.2) is 0 Å². The van der Waals surface area contributed by atoms with Crippen molar-refractivity contribution in [1.29, 1.82) is 0 Å². The number of ether oxygens (including phenoxy) is 1. The van der Waals surface area contributed by atoms with Gasteiger partial charge in [0, 0.05) is 30.2 Å². The molecule has 160 valence electrons. The number of hydrogen-bond donors (Lipinski definition) is 1. The van der Waals surface area contributed by atoms with Crippen molar-refractivity contribution in [1.82, 2.24) is 15.5 Å². The quantitative estimate of drug-likeness (QED) is 0.622. The first kappa shape index (κ1) is 21.1.